The maximum Gasteiger partial charge on any atom is 0.161 e. The number of benzene rings is 1. The molecule has 1 aliphatic heterocycles. The van der Waals surface area contributed by atoms with Crippen molar-refractivity contribution in [2.75, 3.05) is 26.3 Å². The predicted octanol–water partition coefficient (Wildman–Crippen LogP) is 2.81. The van der Waals surface area contributed by atoms with Crippen molar-refractivity contribution in [3.05, 3.63) is 23.8 Å². The zero-order valence-corrected chi connectivity index (χ0v) is 11.5. The first-order valence-electron chi connectivity index (χ1n) is 6.77. The lowest BCUT2D eigenvalue weighted by Crippen LogP contribution is -2.24. The van der Waals surface area contributed by atoms with Crippen LogP contribution in [0.25, 0.3) is 0 Å². The monoisotopic (exact) mass is 249 g/mol. The third-order valence-corrected chi connectivity index (χ3v) is 3.14. The van der Waals surface area contributed by atoms with Gasteiger partial charge in [-0.25, -0.2) is 0 Å². The molecule has 1 aromatic carbocycles. The average Bonchev–Trinajstić information content (AvgIpc) is 2.37. The average molecular weight is 249 g/mol. The van der Waals surface area contributed by atoms with E-state index in [1.807, 2.05) is 6.07 Å². The van der Waals surface area contributed by atoms with Gasteiger partial charge in [0.25, 0.3) is 0 Å². The molecule has 100 valence electrons. The molecule has 1 unspecified atom stereocenters. The standard InChI is InChI=1S/C15H23NO2/c1-11(2)9-16-10-12(3)13-4-5-14-15(8-13)18-7-6-17-14/h4-5,8,11-12,16H,6-7,9-10H2,1-3H3. The van der Waals surface area contributed by atoms with Crippen LogP contribution in [0.1, 0.15) is 32.3 Å². The van der Waals surface area contributed by atoms with E-state index < -0.39 is 0 Å². The number of rotatable bonds is 5. The number of nitrogens with one attached hydrogen (secondary N) is 1. The number of hydrogen-bond acceptors (Lipinski definition) is 3. The highest BCUT2D eigenvalue weighted by atomic mass is 16.6. The molecule has 0 amide bonds. The highest BCUT2D eigenvalue weighted by Crippen LogP contribution is 2.32. The third kappa shape index (κ3) is 3.39. The van der Waals surface area contributed by atoms with Crippen LogP contribution < -0.4 is 14.8 Å². The lowest BCUT2D eigenvalue weighted by Gasteiger charge is -2.21. The second-order valence-corrected chi connectivity index (χ2v) is 5.36. The molecule has 1 aromatic rings. The quantitative estimate of drug-likeness (QED) is 0.870. The maximum atomic E-state index is 5.61. The molecule has 0 bridgehead atoms. The summed E-state index contributed by atoms with van der Waals surface area (Å²) < 4.78 is 11.1. The fourth-order valence-corrected chi connectivity index (χ4v) is 2.07. The van der Waals surface area contributed by atoms with Gasteiger partial charge in [-0.05, 0) is 36.1 Å². The molecular weight excluding hydrogens is 226 g/mol. The number of fused-ring (bicyclic) bond motifs is 1. The molecule has 0 aromatic heterocycles. The van der Waals surface area contributed by atoms with Crippen molar-refractivity contribution < 1.29 is 9.47 Å². The van der Waals surface area contributed by atoms with E-state index in [1.54, 1.807) is 0 Å². The molecule has 1 atom stereocenters. The van der Waals surface area contributed by atoms with Gasteiger partial charge in [0, 0.05) is 6.54 Å². The van der Waals surface area contributed by atoms with Crippen molar-refractivity contribution in [2.24, 2.45) is 5.92 Å². The van der Waals surface area contributed by atoms with Crippen LogP contribution in [-0.2, 0) is 0 Å². The molecule has 3 nitrogen and oxygen atoms in total. The summed E-state index contributed by atoms with van der Waals surface area (Å²) in [5, 5.41) is 3.49. The van der Waals surface area contributed by atoms with E-state index in [0.717, 1.165) is 24.6 Å². The van der Waals surface area contributed by atoms with Gasteiger partial charge >= 0.3 is 0 Å². The van der Waals surface area contributed by atoms with E-state index >= 15 is 0 Å². The largest absolute Gasteiger partial charge is 0.486 e. The summed E-state index contributed by atoms with van der Waals surface area (Å²) in [7, 11) is 0. The van der Waals surface area contributed by atoms with E-state index in [4.69, 9.17) is 9.47 Å². The predicted molar refractivity (Wildman–Crippen MR) is 73.6 cm³/mol. The molecule has 0 fully saturated rings. The fourth-order valence-electron chi connectivity index (χ4n) is 2.07. The summed E-state index contributed by atoms with van der Waals surface area (Å²) in [6.45, 7) is 10.0. The Balaban J connectivity index is 1.95. The minimum absolute atomic E-state index is 0.486. The molecule has 0 aliphatic carbocycles. The van der Waals surface area contributed by atoms with Gasteiger partial charge < -0.3 is 14.8 Å². The van der Waals surface area contributed by atoms with Crippen LogP contribution in [0.5, 0.6) is 11.5 Å². The fraction of sp³-hybridized carbons (Fsp3) is 0.600. The molecule has 1 N–H and O–H groups in total. The van der Waals surface area contributed by atoms with Crippen LogP contribution in [0.15, 0.2) is 18.2 Å². The highest BCUT2D eigenvalue weighted by Gasteiger charge is 2.14. The highest BCUT2D eigenvalue weighted by molar-refractivity contribution is 5.44. The summed E-state index contributed by atoms with van der Waals surface area (Å²) in [6.07, 6.45) is 0. The first kappa shape index (κ1) is 13.2. The Bertz CT molecular complexity index is 390. The molecule has 0 radical (unpaired) electrons. The molecule has 1 heterocycles. The normalized spacial score (nSPS) is 15.8. The smallest absolute Gasteiger partial charge is 0.161 e. The van der Waals surface area contributed by atoms with Crippen molar-refractivity contribution in [1.29, 1.82) is 0 Å². The number of ether oxygens (including phenoxy) is 2. The zero-order valence-electron chi connectivity index (χ0n) is 11.5. The summed E-state index contributed by atoms with van der Waals surface area (Å²) in [5.41, 5.74) is 1.30. The Hall–Kier alpha value is -1.22. The van der Waals surface area contributed by atoms with Gasteiger partial charge in [0.05, 0.1) is 0 Å². The molecule has 3 heteroatoms. The van der Waals surface area contributed by atoms with Gasteiger partial charge in [-0.1, -0.05) is 26.8 Å². The van der Waals surface area contributed by atoms with Crippen molar-refractivity contribution in [3.8, 4) is 11.5 Å². The molecule has 2 rings (SSSR count). The minimum Gasteiger partial charge on any atom is -0.486 e. The second kappa shape index (κ2) is 6.10. The summed E-state index contributed by atoms with van der Waals surface area (Å²) >= 11 is 0. The summed E-state index contributed by atoms with van der Waals surface area (Å²) in [6, 6.07) is 6.26. The van der Waals surface area contributed by atoms with Gasteiger partial charge in [0.1, 0.15) is 13.2 Å². The minimum atomic E-state index is 0.486. The van der Waals surface area contributed by atoms with Crippen LogP contribution in [0.3, 0.4) is 0 Å². The topological polar surface area (TPSA) is 30.5 Å². The summed E-state index contributed by atoms with van der Waals surface area (Å²) in [4.78, 5) is 0. The third-order valence-electron chi connectivity index (χ3n) is 3.14. The van der Waals surface area contributed by atoms with E-state index in [1.165, 1.54) is 5.56 Å². The maximum absolute atomic E-state index is 5.61. The van der Waals surface area contributed by atoms with Crippen molar-refractivity contribution in [1.82, 2.24) is 5.32 Å². The van der Waals surface area contributed by atoms with Crippen molar-refractivity contribution in [2.45, 2.75) is 26.7 Å². The van der Waals surface area contributed by atoms with Crippen LogP contribution in [0.2, 0.25) is 0 Å². The van der Waals surface area contributed by atoms with Gasteiger partial charge in [0.2, 0.25) is 0 Å². The zero-order chi connectivity index (χ0) is 13.0. The molecule has 1 aliphatic rings. The molecular formula is C15H23NO2. The van der Waals surface area contributed by atoms with Crippen LogP contribution >= 0.6 is 0 Å². The van der Waals surface area contributed by atoms with Crippen LogP contribution in [-0.4, -0.2) is 26.3 Å². The van der Waals surface area contributed by atoms with Gasteiger partial charge in [-0.15, -0.1) is 0 Å². The van der Waals surface area contributed by atoms with Crippen molar-refractivity contribution in [3.63, 3.8) is 0 Å². The van der Waals surface area contributed by atoms with Crippen LogP contribution in [0.4, 0.5) is 0 Å². The Morgan fingerprint density at radius 2 is 1.78 bits per heavy atom. The van der Waals surface area contributed by atoms with Gasteiger partial charge in [-0.2, -0.15) is 0 Å². The Morgan fingerprint density at radius 1 is 1.06 bits per heavy atom. The molecule has 18 heavy (non-hydrogen) atoms. The number of hydrogen-bond donors (Lipinski definition) is 1. The summed E-state index contributed by atoms with van der Waals surface area (Å²) in [5.74, 6) is 2.93. The molecule has 0 saturated carbocycles. The Kier molecular flexibility index (Phi) is 4.48. The first-order valence-corrected chi connectivity index (χ1v) is 6.77. The molecule has 0 saturated heterocycles. The SMILES string of the molecule is CC(C)CNCC(C)c1ccc2c(c1)OCCO2. The Morgan fingerprint density at radius 3 is 2.50 bits per heavy atom. The van der Waals surface area contributed by atoms with E-state index in [9.17, 15) is 0 Å². The van der Waals surface area contributed by atoms with Gasteiger partial charge in [-0.3, -0.25) is 0 Å². The Labute approximate surface area is 109 Å². The van der Waals surface area contributed by atoms with E-state index in [2.05, 4.69) is 38.2 Å². The lowest BCUT2D eigenvalue weighted by molar-refractivity contribution is 0.171. The first-order chi connectivity index (χ1) is 8.66. The molecule has 0 spiro atoms. The van der Waals surface area contributed by atoms with Gasteiger partial charge in [0.15, 0.2) is 11.5 Å². The van der Waals surface area contributed by atoms with Crippen LogP contribution in [0, 0.1) is 5.92 Å². The van der Waals surface area contributed by atoms with E-state index in [-0.39, 0.29) is 0 Å². The van der Waals surface area contributed by atoms with Crippen molar-refractivity contribution >= 4 is 0 Å². The second-order valence-electron chi connectivity index (χ2n) is 5.36. The lowest BCUT2D eigenvalue weighted by atomic mass is 10.0. The van der Waals surface area contributed by atoms with E-state index in [0.29, 0.717) is 25.0 Å².